The Labute approximate surface area is 166 Å². The summed E-state index contributed by atoms with van der Waals surface area (Å²) in [4.78, 5) is 29.4. The van der Waals surface area contributed by atoms with Gasteiger partial charge in [-0.2, -0.15) is 0 Å². The van der Waals surface area contributed by atoms with E-state index in [1.807, 2.05) is 26.0 Å². The van der Waals surface area contributed by atoms with E-state index in [4.69, 9.17) is 9.47 Å². The van der Waals surface area contributed by atoms with Crippen LogP contribution in [0.2, 0.25) is 0 Å². The largest absolute Gasteiger partial charge is 0.463 e. The highest BCUT2D eigenvalue weighted by molar-refractivity contribution is 5.95. The maximum atomic E-state index is 13.0. The number of aryl methyl sites for hydroxylation is 2. The number of morpholine rings is 1. The molecule has 0 bridgehead atoms. The number of nitrogens with one attached hydrogen (secondary N) is 1. The number of hydrogen-bond donors (Lipinski definition) is 1. The zero-order valence-electron chi connectivity index (χ0n) is 17.1. The number of likely N-dealkylation sites (N-methyl/N-ethyl adjacent to an activating group) is 1. The van der Waals surface area contributed by atoms with E-state index in [1.54, 1.807) is 14.0 Å². The third-order valence-corrected chi connectivity index (χ3v) is 5.29. The summed E-state index contributed by atoms with van der Waals surface area (Å²) in [6, 6.07) is 5.29. The van der Waals surface area contributed by atoms with Crippen LogP contribution in [0, 0.1) is 13.8 Å². The summed E-state index contributed by atoms with van der Waals surface area (Å²) in [6.45, 7) is 9.43. The van der Waals surface area contributed by atoms with Crippen LogP contribution in [0.5, 0.6) is 0 Å². The Kier molecular flexibility index (Phi) is 6.36. The topological polar surface area (TPSA) is 71.1 Å². The fourth-order valence-corrected chi connectivity index (χ4v) is 3.75. The molecule has 7 heteroatoms. The van der Waals surface area contributed by atoms with Crippen LogP contribution in [-0.2, 0) is 14.3 Å². The third kappa shape index (κ3) is 4.20. The molecule has 0 aromatic heterocycles. The van der Waals surface area contributed by atoms with Crippen LogP contribution >= 0.6 is 0 Å². The predicted molar refractivity (Wildman–Crippen MR) is 106 cm³/mol. The van der Waals surface area contributed by atoms with Crippen molar-refractivity contribution in [3.05, 3.63) is 46.2 Å². The molecule has 0 spiro atoms. The van der Waals surface area contributed by atoms with Gasteiger partial charge in [-0.15, -0.1) is 0 Å². The van der Waals surface area contributed by atoms with E-state index in [2.05, 4.69) is 16.3 Å². The van der Waals surface area contributed by atoms with Crippen LogP contribution in [0.15, 0.2) is 29.5 Å². The van der Waals surface area contributed by atoms with Crippen molar-refractivity contribution in [2.24, 2.45) is 0 Å². The molecule has 0 aliphatic carbocycles. The highest BCUT2D eigenvalue weighted by Gasteiger charge is 2.37. The zero-order chi connectivity index (χ0) is 20.3. The molecule has 0 radical (unpaired) electrons. The number of ether oxygens (including phenoxy) is 2. The number of rotatable bonds is 5. The smallest absolute Gasteiger partial charge is 0.338 e. The fraction of sp³-hybridized carbons (Fsp3) is 0.524. The lowest BCUT2D eigenvalue weighted by atomic mass is 9.90. The summed E-state index contributed by atoms with van der Waals surface area (Å²) in [5, 5.41) is 2.98. The summed E-state index contributed by atoms with van der Waals surface area (Å²) in [7, 11) is 1.70. The molecular formula is C21H29N3O4. The Morgan fingerprint density at radius 3 is 2.64 bits per heavy atom. The molecule has 1 saturated heterocycles. The summed E-state index contributed by atoms with van der Waals surface area (Å²) < 4.78 is 10.8. The van der Waals surface area contributed by atoms with Crippen molar-refractivity contribution in [1.29, 1.82) is 0 Å². The van der Waals surface area contributed by atoms with Gasteiger partial charge < -0.3 is 14.8 Å². The number of carbonyl (C=O) groups is 2. The molecule has 7 nitrogen and oxygen atoms in total. The SMILES string of the molecule is CCOC(=O)C1=C(CN2CCOCC2)N(C)C(=O)NC1c1ccc(C)cc1C. The molecule has 2 aliphatic rings. The van der Waals surface area contributed by atoms with Crippen LogP contribution in [0.4, 0.5) is 4.79 Å². The highest BCUT2D eigenvalue weighted by Crippen LogP contribution is 2.33. The predicted octanol–water partition coefficient (Wildman–Crippen LogP) is 2.15. The third-order valence-electron chi connectivity index (χ3n) is 5.29. The standard InChI is InChI=1S/C21H29N3O4/c1-5-28-20(25)18-17(13-24-8-10-27-11-9-24)23(4)21(26)22-19(18)16-7-6-14(2)12-15(16)3/h6-7,12,19H,5,8-11,13H2,1-4H3,(H,22,26). The van der Waals surface area contributed by atoms with Gasteiger partial charge in [-0.05, 0) is 31.9 Å². The first kappa shape index (κ1) is 20.4. The van der Waals surface area contributed by atoms with Crippen molar-refractivity contribution >= 4 is 12.0 Å². The lowest BCUT2D eigenvalue weighted by Crippen LogP contribution is -2.50. The van der Waals surface area contributed by atoms with Gasteiger partial charge in [0, 0.05) is 32.4 Å². The molecule has 1 N–H and O–H groups in total. The first-order valence-electron chi connectivity index (χ1n) is 9.74. The van der Waals surface area contributed by atoms with Gasteiger partial charge in [-0.1, -0.05) is 23.8 Å². The van der Waals surface area contributed by atoms with Crippen molar-refractivity contribution in [2.45, 2.75) is 26.8 Å². The fourth-order valence-electron chi connectivity index (χ4n) is 3.75. The van der Waals surface area contributed by atoms with Crippen LogP contribution in [-0.4, -0.2) is 68.3 Å². The number of esters is 1. The van der Waals surface area contributed by atoms with Gasteiger partial charge in [0.2, 0.25) is 0 Å². The van der Waals surface area contributed by atoms with Crippen LogP contribution in [0.3, 0.4) is 0 Å². The van der Waals surface area contributed by atoms with Crippen molar-refractivity contribution in [2.75, 3.05) is 46.5 Å². The van der Waals surface area contributed by atoms with Crippen molar-refractivity contribution in [3.63, 3.8) is 0 Å². The normalized spacial score (nSPS) is 20.9. The first-order chi connectivity index (χ1) is 13.4. The Bertz CT molecular complexity index is 784. The van der Waals surface area contributed by atoms with E-state index < -0.39 is 6.04 Å². The van der Waals surface area contributed by atoms with Gasteiger partial charge in [0.25, 0.3) is 0 Å². The van der Waals surface area contributed by atoms with Gasteiger partial charge >= 0.3 is 12.0 Å². The van der Waals surface area contributed by atoms with Gasteiger partial charge in [-0.25, -0.2) is 9.59 Å². The van der Waals surface area contributed by atoms with Crippen molar-refractivity contribution in [3.8, 4) is 0 Å². The van der Waals surface area contributed by atoms with E-state index in [-0.39, 0.29) is 18.6 Å². The monoisotopic (exact) mass is 387 g/mol. The molecule has 1 fully saturated rings. The second kappa shape index (κ2) is 8.75. The Morgan fingerprint density at radius 2 is 2.00 bits per heavy atom. The number of benzene rings is 1. The second-order valence-corrected chi connectivity index (χ2v) is 7.27. The van der Waals surface area contributed by atoms with Crippen molar-refractivity contribution < 1.29 is 19.1 Å². The molecule has 1 atom stereocenters. The highest BCUT2D eigenvalue weighted by atomic mass is 16.5. The van der Waals surface area contributed by atoms with Crippen LogP contribution in [0.25, 0.3) is 0 Å². The Hall–Kier alpha value is -2.38. The quantitative estimate of drug-likeness (QED) is 0.784. The summed E-state index contributed by atoms with van der Waals surface area (Å²) in [5.74, 6) is -0.386. The minimum atomic E-state index is -0.528. The zero-order valence-corrected chi connectivity index (χ0v) is 17.1. The molecule has 1 aromatic rings. The van der Waals surface area contributed by atoms with E-state index >= 15 is 0 Å². The average Bonchev–Trinajstić information content (AvgIpc) is 2.66. The maximum Gasteiger partial charge on any atom is 0.338 e. The van der Waals surface area contributed by atoms with E-state index in [9.17, 15) is 9.59 Å². The Balaban J connectivity index is 2.07. The molecule has 28 heavy (non-hydrogen) atoms. The molecule has 3 rings (SSSR count). The summed E-state index contributed by atoms with van der Waals surface area (Å²) in [5.41, 5.74) is 4.27. The molecule has 1 unspecified atom stereocenters. The molecule has 152 valence electrons. The number of amides is 2. The molecule has 0 saturated carbocycles. The minimum Gasteiger partial charge on any atom is -0.463 e. The van der Waals surface area contributed by atoms with Crippen LogP contribution in [0.1, 0.15) is 29.7 Å². The molecule has 1 aromatic carbocycles. The lowest BCUT2D eigenvalue weighted by molar-refractivity contribution is -0.139. The van der Waals surface area contributed by atoms with E-state index in [0.29, 0.717) is 31.0 Å². The maximum absolute atomic E-state index is 13.0. The Morgan fingerprint density at radius 1 is 1.29 bits per heavy atom. The van der Waals surface area contributed by atoms with Crippen LogP contribution < -0.4 is 5.32 Å². The number of urea groups is 1. The number of carbonyl (C=O) groups excluding carboxylic acids is 2. The first-order valence-corrected chi connectivity index (χ1v) is 9.74. The van der Waals surface area contributed by atoms with Gasteiger partial charge in [-0.3, -0.25) is 9.80 Å². The molecule has 2 amide bonds. The van der Waals surface area contributed by atoms with E-state index in [1.165, 1.54) is 4.90 Å². The molecule has 2 heterocycles. The summed E-state index contributed by atoms with van der Waals surface area (Å²) in [6.07, 6.45) is 0. The number of hydrogen-bond acceptors (Lipinski definition) is 5. The van der Waals surface area contributed by atoms with Gasteiger partial charge in [0.15, 0.2) is 0 Å². The van der Waals surface area contributed by atoms with Gasteiger partial charge in [0.1, 0.15) is 0 Å². The van der Waals surface area contributed by atoms with Gasteiger partial charge in [0.05, 0.1) is 31.4 Å². The second-order valence-electron chi connectivity index (χ2n) is 7.27. The lowest BCUT2D eigenvalue weighted by Gasteiger charge is -2.38. The molecule has 2 aliphatic heterocycles. The number of nitrogens with zero attached hydrogens (tertiary/aromatic N) is 2. The average molecular weight is 387 g/mol. The molecular weight excluding hydrogens is 358 g/mol. The summed E-state index contributed by atoms with van der Waals surface area (Å²) >= 11 is 0. The van der Waals surface area contributed by atoms with Crippen molar-refractivity contribution in [1.82, 2.24) is 15.1 Å². The van der Waals surface area contributed by atoms with E-state index in [0.717, 1.165) is 29.8 Å². The minimum absolute atomic E-state index is 0.221.